The average molecular weight is 275 g/mol. The van der Waals surface area contributed by atoms with Crippen LogP contribution >= 0.6 is 0 Å². The van der Waals surface area contributed by atoms with Crippen molar-refractivity contribution in [3.8, 4) is 5.40 Å². The summed E-state index contributed by atoms with van der Waals surface area (Å²) in [5.74, 6) is 0. The largest absolute Gasteiger partial charge is 1.00 e. The number of aliphatic hydroxyl groups is 2. The van der Waals surface area contributed by atoms with Crippen LogP contribution in [0.5, 0.6) is 0 Å². The van der Waals surface area contributed by atoms with Crippen LogP contribution in [0.1, 0.15) is 0 Å². The maximum Gasteiger partial charge on any atom is 1.00 e. The minimum atomic E-state index is 0. The van der Waals surface area contributed by atoms with Gasteiger partial charge in [0.25, 0.3) is 0 Å². The van der Waals surface area contributed by atoms with Gasteiger partial charge in [0, 0.05) is 0 Å². The second-order valence-electron chi connectivity index (χ2n) is 2.38. The number of rotatable bonds is 10. The van der Waals surface area contributed by atoms with Gasteiger partial charge in [-0.25, -0.2) is 5.26 Å². The molecule has 0 bridgehead atoms. The van der Waals surface area contributed by atoms with Gasteiger partial charge in [-0.05, 0) is 0 Å². The van der Waals surface area contributed by atoms with E-state index in [1.165, 1.54) is 5.40 Å². The molecule has 0 spiro atoms. The van der Waals surface area contributed by atoms with E-state index in [1.807, 2.05) is 0 Å². The smallest absolute Gasteiger partial charge is 0.696 e. The molecule has 8 heteroatoms. The number of nitriles is 1. The predicted octanol–water partition coefficient (Wildman–Crippen LogP) is -3.96. The molecule has 0 saturated carbocycles. The van der Waals surface area contributed by atoms with E-state index in [1.54, 1.807) is 0 Å². The Bertz CT molecular complexity index is 149. The molecule has 17 heavy (non-hydrogen) atoms. The van der Waals surface area contributed by atoms with Crippen molar-refractivity contribution in [1.82, 2.24) is 0 Å². The van der Waals surface area contributed by atoms with Crippen LogP contribution in [0.25, 0.3) is 0 Å². The average Bonchev–Trinajstić information content (AvgIpc) is 2.28. The molecule has 96 valence electrons. The molecule has 0 atom stereocenters. The molecule has 0 aliphatic rings. The molecule has 0 unspecified atom stereocenters. The Balaban J connectivity index is -0.000000440. The molecule has 0 heterocycles. The molecular weight excluding hydrogens is 257 g/mol. The summed E-state index contributed by atoms with van der Waals surface area (Å²) in [4.78, 5) is 0. The van der Waals surface area contributed by atoms with E-state index in [4.69, 9.17) is 29.7 Å². The van der Waals surface area contributed by atoms with Crippen molar-refractivity contribution in [2.24, 2.45) is 0 Å². The first kappa shape index (κ1) is 22.7. The molecule has 0 aliphatic heterocycles. The van der Waals surface area contributed by atoms with Gasteiger partial charge in [0.2, 0.25) is 0 Å². The van der Waals surface area contributed by atoms with Crippen molar-refractivity contribution >= 4 is 12.6 Å². The fourth-order valence-corrected chi connectivity index (χ4v) is 0.671. The van der Waals surface area contributed by atoms with E-state index in [-0.39, 0.29) is 42.8 Å². The van der Waals surface area contributed by atoms with E-state index < -0.39 is 0 Å². The van der Waals surface area contributed by atoms with Gasteiger partial charge in [0.1, 0.15) is 0 Å². The van der Waals surface area contributed by atoms with Crippen LogP contribution in [0.4, 0.5) is 0 Å². The topological polar surface area (TPSA) is 91.9 Å². The Morgan fingerprint density at radius 2 is 1.06 bits per heavy atom. The maximum atomic E-state index is 8.36. The van der Waals surface area contributed by atoms with Crippen LogP contribution in [-0.2, 0) is 26.8 Å². The van der Waals surface area contributed by atoms with Crippen LogP contribution in [0.2, 0.25) is 0 Å². The van der Waals surface area contributed by atoms with Gasteiger partial charge in [-0.15, -0.1) is 0 Å². The number of hydrogen-bond acceptors (Lipinski definition) is 7. The molecule has 0 amide bonds. The fourth-order valence-electron chi connectivity index (χ4n) is 0.671. The van der Waals surface area contributed by atoms with Gasteiger partial charge < -0.3 is 37.1 Å². The second-order valence-corrected chi connectivity index (χ2v) is 2.56. The van der Waals surface area contributed by atoms with Crippen LogP contribution in [-0.4, -0.2) is 63.1 Å². The zero-order valence-electron chi connectivity index (χ0n) is 10.1. The SMILES string of the molecule is N#C[S-].OCCOCCOCCOCCO.[Na+]. The van der Waals surface area contributed by atoms with E-state index in [2.05, 4.69) is 12.6 Å². The summed E-state index contributed by atoms with van der Waals surface area (Å²) >= 11 is 3.70. The maximum absolute atomic E-state index is 8.36. The molecule has 0 aliphatic carbocycles. The summed E-state index contributed by atoms with van der Waals surface area (Å²) < 4.78 is 15.0. The minimum absolute atomic E-state index is 0. The number of nitrogens with zero attached hydrogens (tertiary/aromatic N) is 1. The third kappa shape index (κ3) is 31.5. The normalized spacial score (nSPS) is 8.53. The standard InChI is InChI=1S/C8H18O5.CHNS.Na/c9-1-3-11-5-7-13-8-6-12-4-2-10;2-1-3;/h9-10H,1-8H2;3H;/q;;+1/p-1. The molecule has 0 aromatic rings. The van der Waals surface area contributed by atoms with Crippen molar-refractivity contribution in [3.63, 3.8) is 0 Å². The van der Waals surface area contributed by atoms with Gasteiger partial charge >= 0.3 is 29.6 Å². The number of ether oxygens (including phenoxy) is 3. The quantitative estimate of drug-likeness (QED) is 0.182. The summed E-state index contributed by atoms with van der Waals surface area (Å²) in [5, 5.41) is 25.2. The third-order valence-electron chi connectivity index (χ3n) is 1.22. The summed E-state index contributed by atoms with van der Waals surface area (Å²) in [7, 11) is 0. The summed E-state index contributed by atoms with van der Waals surface area (Å²) in [6.45, 7) is 2.76. The van der Waals surface area contributed by atoms with Gasteiger partial charge in [0.15, 0.2) is 0 Å². The summed E-state index contributed by atoms with van der Waals surface area (Å²) in [6.07, 6.45) is 0. The Morgan fingerprint density at radius 1 is 0.824 bits per heavy atom. The molecule has 6 nitrogen and oxygen atoms in total. The second kappa shape index (κ2) is 25.4. The summed E-state index contributed by atoms with van der Waals surface area (Å²) in [5.41, 5.74) is 0. The van der Waals surface area contributed by atoms with Crippen molar-refractivity contribution in [2.45, 2.75) is 0 Å². The van der Waals surface area contributed by atoms with Gasteiger partial charge in [-0.3, -0.25) is 0 Å². The fraction of sp³-hybridized carbons (Fsp3) is 0.889. The third-order valence-corrected chi connectivity index (χ3v) is 1.22. The molecule has 0 aromatic heterocycles. The Hall–Kier alpha value is 0.510. The first-order valence-electron chi connectivity index (χ1n) is 4.79. The van der Waals surface area contributed by atoms with Crippen molar-refractivity contribution < 1.29 is 54.0 Å². The zero-order valence-corrected chi connectivity index (χ0v) is 12.9. The Morgan fingerprint density at radius 3 is 1.29 bits per heavy atom. The molecule has 0 fully saturated rings. The van der Waals surface area contributed by atoms with E-state index in [0.29, 0.717) is 39.6 Å². The predicted molar refractivity (Wildman–Crippen MR) is 59.6 cm³/mol. The van der Waals surface area contributed by atoms with Gasteiger partial charge in [-0.2, -0.15) is 0 Å². The van der Waals surface area contributed by atoms with Crippen LogP contribution in [0.3, 0.4) is 0 Å². The summed E-state index contributed by atoms with van der Waals surface area (Å²) in [6, 6.07) is 0. The van der Waals surface area contributed by atoms with Crippen molar-refractivity contribution in [2.75, 3.05) is 52.9 Å². The monoisotopic (exact) mass is 275 g/mol. The van der Waals surface area contributed by atoms with E-state index in [0.717, 1.165) is 0 Å². The van der Waals surface area contributed by atoms with Crippen LogP contribution in [0.15, 0.2) is 0 Å². The Kier molecular flexibility index (Phi) is 33.8. The van der Waals surface area contributed by atoms with Crippen LogP contribution < -0.4 is 29.6 Å². The minimum Gasteiger partial charge on any atom is -0.696 e. The van der Waals surface area contributed by atoms with Crippen molar-refractivity contribution in [3.05, 3.63) is 0 Å². The first-order chi connectivity index (χ1) is 7.83. The van der Waals surface area contributed by atoms with Gasteiger partial charge in [0.05, 0.1) is 52.9 Å². The molecule has 2 N–H and O–H groups in total. The molecule has 0 radical (unpaired) electrons. The van der Waals surface area contributed by atoms with Crippen molar-refractivity contribution in [1.29, 1.82) is 5.26 Å². The van der Waals surface area contributed by atoms with Crippen LogP contribution in [0, 0.1) is 10.7 Å². The zero-order chi connectivity index (χ0) is 12.5. The number of thiocyanates is 1. The number of hydrogen-bond donors (Lipinski definition) is 2. The Labute approximate surface area is 130 Å². The molecule has 0 rings (SSSR count). The molecule has 0 aromatic carbocycles. The molecule has 0 saturated heterocycles. The van der Waals surface area contributed by atoms with Gasteiger partial charge in [-0.1, -0.05) is 5.40 Å². The van der Waals surface area contributed by atoms with E-state index in [9.17, 15) is 0 Å². The molecular formula is C9H18NNaO5S. The van der Waals surface area contributed by atoms with E-state index >= 15 is 0 Å². The first-order valence-corrected chi connectivity index (χ1v) is 5.20. The number of aliphatic hydroxyl groups excluding tert-OH is 2.